The van der Waals surface area contributed by atoms with Gasteiger partial charge in [-0.25, -0.2) is 8.42 Å². The van der Waals surface area contributed by atoms with Crippen LogP contribution in [0.2, 0.25) is 5.02 Å². The van der Waals surface area contributed by atoms with Crippen LogP contribution in [0.15, 0.2) is 77.7 Å². The lowest BCUT2D eigenvalue weighted by Gasteiger charge is -2.33. The SMILES string of the molecule is COc1ccc(CN(C(=O)CN(c2cccc(Cl)c2)S(=O)(=O)c2ccc(OC)cc2)[C@@H](C)C(=O)NC2CCCCC2)cc1. The molecule has 1 aliphatic rings. The summed E-state index contributed by atoms with van der Waals surface area (Å²) in [5, 5.41) is 3.42. The molecular weight excluding hydrogens is 590 g/mol. The molecule has 0 aromatic heterocycles. The zero-order valence-corrected chi connectivity index (χ0v) is 26.2. The number of methoxy groups -OCH3 is 2. The first-order valence-electron chi connectivity index (χ1n) is 14.3. The van der Waals surface area contributed by atoms with Gasteiger partial charge in [0.25, 0.3) is 10.0 Å². The van der Waals surface area contributed by atoms with Crippen molar-refractivity contribution in [2.24, 2.45) is 0 Å². The number of benzene rings is 3. The highest BCUT2D eigenvalue weighted by Gasteiger charge is 2.33. The summed E-state index contributed by atoms with van der Waals surface area (Å²) in [5.41, 5.74) is 0.985. The molecule has 1 N–H and O–H groups in total. The van der Waals surface area contributed by atoms with E-state index in [2.05, 4.69) is 5.32 Å². The molecule has 3 aromatic carbocycles. The minimum absolute atomic E-state index is 0.0223. The van der Waals surface area contributed by atoms with E-state index in [4.69, 9.17) is 21.1 Å². The average Bonchev–Trinajstić information content (AvgIpc) is 3.02. The lowest BCUT2D eigenvalue weighted by atomic mass is 9.95. The maximum Gasteiger partial charge on any atom is 0.264 e. The molecule has 1 atom stereocenters. The first-order valence-corrected chi connectivity index (χ1v) is 16.1. The summed E-state index contributed by atoms with van der Waals surface area (Å²) in [6.07, 6.45) is 5.03. The number of carbonyl (C=O) groups is 2. The van der Waals surface area contributed by atoms with Gasteiger partial charge in [0.05, 0.1) is 24.8 Å². The molecule has 0 unspecified atom stereocenters. The van der Waals surface area contributed by atoms with Gasteiger partial charge in [-0.15, -0.1) is 0 Å². The molecule has 1 fully saturated rings. The molecule has 0 spiro atoms. The van der Waals surface area contributed by atoms with E-state index in [9.17, 15) is 18.0 Å². The van der Waals surface area contributed by atoms with Crippen molar-refractivity contribution in [3.8, 4) is 11.5 Å². The number of hydrogen-bond donors (Lipinski definition) is 1. The Bertz CT molecular complexity index is 1490. The van der Waals surface area contributed by atoms with Gasteiger partial charge in [0, 0.05) is 17.6 Å². The van der Waals surface area contributed by atoms with Gasteiger partial charge in [-0.2, -0.15) is 0 Å². The first kappa shape index (κ1) is 32.2. The molecule has 0 radical (unpaired) electrons. The second kappa shape index (κ2) is 14.6. The summed E-state index contributed by atoms with van der Waals surface area (Å²) in [5.74, 6) is 0.329. The molecule has 43 heavy (non-hydrogen) atoms. The number of sulfonamides is 1. The monoisotopic (exact) mass is 627 g/mol. The van der Waals surface area contributed by atoms with Crippen LogP contribution < -0.4 is 19.1 Å². The van der Waals surface area contributed by atoms with Crippen LogP contribution in [0, 0.1) is 0 Å². The molecule has 4 rings (SSSR count). The largest absolute Gasteiger partial charge is 0.497 e. The lowest BCUT2D eigenvalue weighted by Crippen LogP contribution is -2.53. The Kier molecular flexibility index (Phi) is 10.9. The highest BCUT2D eigenvalue weighted by molar-refractivity contribution is 7.92. The van der Waals surface area contributed by atoms with Gasteiger partial charge >= 0.3 is 0 Å². The van der Waals surface area contributed by atoms with Crippen molar-refractivity contribution in [2.45, 2.75) is 62.6 Å². The summed E-state index contributed by atoms with van der Waals surface area (Å²) in [6.45, 7) is 1.21. The molecule has 0 heterocycles. The van der Waals surface area contributed by atoms with Gasteiger partial charge in [0.1, 0.15) is 24.1 Å². The van der Waals surface area contributed by atoms with Crippen molar-refractivity contribution >= 4 is 39.1 Å². The quantitative estimate of drug-likeness (QED) is 0.288. The fraction of sp³-hybridized carbons (Fsp3) is 0.375. The summed E-state index contributed by atoms with van der Waals surface area (Å²) in [7, 11) is -1.17. The van der Waals surface area contributed by atoms with Crippen molar-refractivity contribution in [1.82, 2.24) is 10.2 Å². The lowest BCUT2D eigenvalue weighted by molar-refractivity contribution is -0.139. The number of ether oxygens (including phenoxy) is 2. The smallest absolute Gasteiger partial charge is 0.264 e. The summed E-state index contributed by atoms with van der Waals surface area (Å²) in [6, 6.07) is 18.6. The Morgan fingerprint density at radius 1 is 0.930 bits per heavy atom. The van der Waals surface area contributed by atoms with Gasteiger partial charge in [0.15, 0.2) is 0 Å². The standard InChI is InChI=1S/C32H38ClN3O6S/c1-23(32(38)34-26-9-5-4-6-10-26)35(21-24-12-14-28(41-2)15-13-24)31(37)22-36(27-11-7-8-25(33)20-27)43(39,40)30-18-16-29(42-3)17-19-30/h7-8,11-20,23,26H,4-6,9-10,21-22H2,1-3H3,(H,34,38)/t23-/m0/s1. The van der Waals surface area contributed by atoms with Crippen LogP contribution in [0.5, 0.6) is 11.5 Å². The van der Waals surface area contributed by atoms with E-state index in [1.165, 1.54) is 30.2 Å². The van der Waals surface area contributed by atoms with E-state index in [0.717, 1.165) is 42.0 Å². The molecule has 0 aliphatic heterocycles. The van der Waals surface area contributed by atoms with Gasteiger partial charge in [-0.05, 0) is 79.9 Å². The third kappa shape index (κ3) is 8.20. The van der Waals surface area contributed by atoms with Crippen molar-refractivity contribution in [3.05, 3.63) is 83.4 Å². The van der Waals surface area contributed by atoms with Crippen molar-refractivity contribution in [2.75, 3.05) is 25.1 Å². The second-order valence-corrected chi connectivity index (χ2v) is 12.9. The fourth-order valence-electron chi connectivity index (χ4n) is 5.11. The highest BCUT2D eigenvalue weighted by atomic mass is 35.5. The van der Waals surface area contributed by atoms with Crippen LogP contribution in [0.1, 0.15) is 44.6 Å². The van der Waals surface area contributed by atoms with E-state index in [-0.39, 0.29) is 29.1 Å². The summed E-state index contributed by atoms with van der Waals surface area (Å²) in [4.78, 5) is 29.0. The third-order valence-electron chi connectivity index (χ3n) is 7.65. The predicted octanol–water partition coefficient (Wildman–Crippen LogP) is 5.42. The molecule has 2 amide bonds. The minimum atomic E-state index is -4.22. The first-order chi connectivity index (χ1) is 20.6. The molecular formula is C32H38ClN3O6S. The topological polar surface area (TPSA) is 105 Å². The van der Waals surface area contributed by atoms with Gasteiger partial charge < -0.3 is 19.7 Å². The molecule has 1 saturated carbocycles. The van der Waals surface area contributed by atoms with Crippen LogP contribution in [-0.2, 0) is 26.2 Å². The van der Waals surface area contributed by atoms with Crippen molar-refractivity contribution in [3.63, 3.8) is 0 Å². The van der Waals surface area contributed by atoms with Crippen LogP contribution in [-0.4, -0.2) is 58.0 Å². The van der Waals surface area contributed by atoms with Crippen molar-refractivity contribution < 1.29 is 27.5 Å². The number of nitrogens with zero attached hydrogens (tertiary/aromatic N) is 2. The number of hydrogen-bond acceptors (Lipinski definition) is 6. The average molecular weight is 628 g/mol. The van der Waals surface area contributed by atoms with E-state index >= 15 is 0 Å². The molecule has 11 heteroatoms. The molecule has 9 nitrogen and oxygen atoms in total. The molecule has 1 aliphatic carbocycles. The number of anilines is 1. The van der Waals surface area contributed by atoms with Crippen LogP contribution in [0.4, 0.5) is 5.69 Å². The van der Waals surface area contributed by atoms with E-state index in [1.807, 2.05) is 12.1 Å². The predicted molar refractivity (Wildman–Crippen MR) is 167 cm³/mol. The summed E-state index contributed by atoms with van der Waals surface area (Å²) >= 11 is 6.24. The number of carbonyl (C=O) groups excluding carboxylic acids is 2. The molecule has 0 saturated heterocycles. The number of amides is 2. The zero-order chi connectivity index (χ0) is 31.0. The van der Waals surface area contributed by atoms with Gasteiger partial charge in [0.2, 0.25) is 11.8 Å². The van der Waals surface area contributed by atoms with E-state index in [0.29, 0.717) is 16.5 Å². The maximum absolute atomic E-state index is 14.1. The van der Waals surface area contributed by atoms with E-state index in [1.54, 1.807) is 56.5 Å². The molecule has 230 valence electrons. The second-order valence-electron chi connectivity index (χ2n) is 10.6. The number of nitrogens with one attached hydrogen (secondary N) is 1. The Morgan fingerprint density at radius 3 is 2.12 bits per heavy atom. The van der Waals surface area contributed by atoms with Crippen molar-refractivity contribution in [1.29, 1.82) is 0 Å². The van der Waals surface area contributed by atoms with Crippen LogP contribution in [0.25, 0.3) is 0 Å². The summed E-state index contributed by atoms with van der Waals surface area (Å²) < 4.78 is 39.4. The Hall–Kier alpha value is -3.76. The number of halogens is 1. The Morgan fingerprint density at radius 2 is 1.53 bits per heavy atom. The molecule has 0 bridgehead atoms. The van der Waals surface area contributed by atoms with Crippen LogP contribution >= 0.6 is 11.6 Å². The zero-order valence-electron chi connectivity index (χ0n) is 24.7. The minimum Gasteiger partial charge on any atom is -0.497 e. The maximum atomic E-state index is 14.1. The normalized spacial score (nSPS) is 14.4. The highest BCUT2D eigenvalue weighted by Crippen LogP contribution is 2.28. The number of rotatable bonds is 12. The third-order valence-corrected chi connectivity index (χ3v) is 9.68. The van der Waals surface area contributed by atoms with Gasteiger partial charge in [-0.3, -0.25) is 13.9 Å². The van der Waals surface area contributed by atoms with Gasteiger partial charge in [-0.1, -0.05) is 49.1 Å². The van der Waals surface area contributed by atoms with Crippen LogP contribution in [0.3, 0.4) is 0 Å². The molecule has 3 aromatic rings. The van der Waals surface area contributed by atoms with E-state index < -0.39 is 28.5 Å². The fourth-order valence-corrected chi connectivity index (χ4v) is 6.70. The Labute approximate surface area is 258 Å². The Balaban J connectivity index is 1.67.